The summed E-state index contributed by atoms with van der Waals surface area (Å²) in [6.45, 7) is 9.08. The Morgan fingerprint density at radius 3 is 2.71 bits per heavy atom. The number of halogens is 1. The summed E-state index contributed by atoms with van der Waals surface area (Å²) in [4.78, 5) is 9.62. The van der Waals surface area contributed by atoms with Crippen molar-refractivity contribution in [2.75, 3.05) is 53.4 Å². The third kappa shape index (κ3) is 6.51. The molecule has 2 heterocycles. The van der Waals surface area contributed by atoms with E-state index in [0.29, 0.717) is 0 Å². The molecule has 1 N–H and O–H groups in total. The van der Waals surface area contributed by atoms with Crippen molar-refractivity contribution in [2.45, 2.75) is 39.0 Å². The molecule has 0 aromatic heterocycles. The number of nitrogens with one attached hydrogen (secondary N) is 1. The van der Waals surface area contributed by atoms with Crippen molar-refractivity contribution in [3.63, 3.8) is 0 Å². The van der Waals surface area contributed by atoms with Gasteiger partial charge in [-0.3, -0.25) is 4.99 Å². The lowest BCUT2D eigenvalue weighted by Crippen LogP contribution is -2.41. The summed E-state index contributed by atoms with van der Waals surface area (Å²) >= 11 is 0. The topological polar surface area (TPSA) is 40.1 Å². The zero-order valence-corrected chi connectivity index (χ0v) is 20.1. The highest BCUT2D eigenvalue weighted by Gasteiger charge is 2.26. The van der Waals surface area contributed by atoms with Crippen molar-refractivity contribution in [3.05, 3.63) is 29.3 Å². The number of rotatable bonds is 6. The molecule has 0 saturated carbocycles. The maximum absolute atomic E-state index is 5.43. The molecular weight excluding hydrogens is 463 g/mol. The molecule has 0 bridgehead atoms. The highest BCUT2D eigenvalue weighted by atomic mass is 127. The summed E-state index contributed by atoms with van der Waals surface area (Å²) in [6.07, 6.45) is 6.43. The molecule has 28 heavy (non-hydrogen) atoms. The van der Waals surface area contributed by atoms with Gasteiger partial charge in [-0.1, -0.05) is 18.6 Å². The van der Waals surface area contributed by atoms with Gasteiger partial charge in [-0.05, 0) is 68.8 Å². The summed E-state index contributed by atoms with van der Waals surface area (Å²) < 4.78 is 5.43. The van der Waals surface area contributed by atoms with Gasteiger partial charge in [-0.25, -0.2) is 0 Å². The van der Waals surface area contributed by atoms with Crippen LogP contribution in [0.4, 0.5) is 0 Å². The molecule has 1 aromatic rings. The number of hydrogen-bond acceptors (Lipinski definition) is 3. The zero-order valence-electron chi connectivity index (χ0n) is 17.7. The van der Waals surface area contributed by atoms with Crippen LogP contribution in [0.15, 0.2) is 23.2 Å². The molecule has 2 fully saturated rings. The van der Waals surface area contributed by atoms with E-state index in [4.69, 9.17) is 4.74 Å². The SMILES string of the molecule is CN=C(NCCc1ccc(C)c(OC)c1)N1CCC(CN2CCCCC2)C1.I. The standard InChI is InChI=1S/C22H36N4O.HI/c1-18-7-8-19(15-21(18)27-3)9-11-24-22(23-2)26-14-10-20(17-26)16-25-12-5-4-6-13-25;/h7-8,15,20H,4-6,9-14,16-17H2,1-3H3,(H,23,24);1H. The molecule has 0 amide bonds. The van der Waals surface area contributed by atoms with Crippen LogP contribution >= 0.6 is 24.0 Å². The molecule has 158 valence electrons. The third-order valence-electron chi connectivity index (χ3n) is 5.93. The van der Waals surface area contributed by atoms with Crippen LogP contribution in [0, 0.1) is 12.8 Å². The monoisotopic (exact) mass is 500 g/mol. The minimum atomic E-state index is 0. The Bertz CT molecular complexity index is 631. The molecule has 2 aliphatic rings. The van der Waals surface area contributed by atoms with Crippen molar-refractivity contribution in [1.82, 2.24) is 15.1 Å². The van der Waals surface area contributed by atoms with Gasteiger partial charge in [0.15, 0.2) is 5.96 Å². The second-order valence-corrected chi connectivity index (χ2v) is 7.99. The van der Waals surface area contributed by atoms with Crippen LogP contribution in [-0.4, -0.2) is 69.2 Å². The van der Waals surface area contributed by atoms with E-state index < -0.39 is 0 Å². The number of guanidine groups is 1. The Labute approximate surface area is 187 Å². The first-order valence-corrected chi connectivity index (χ1v) is 10.5. The van der Waals surface area contributed by atoms with Crippen molar-refractivity contribution < 1.29 is 4.74 Å². The summed E-state index contributed by atoms with van der Waals surface area (Å²) in [5.74, 6) is 2.80. The lowest BCUT2D eigenvalue weighted by molar-refractivity contribution is 0.198. The molecule has 1 aromatic carbocycles. The summed E-state index contributed by atoms with van der Waals surface area (Å²) in [7, 11) is 3.63. The van der Waals surface area contributed by atoms with E-state index in [1.165, 1.54) is 56.4 Å². The van der Waals surface area contributed by atoms with Crippen LogP contribution in [0.2, 0.25) is 0 Å². The Morgan fingerprint density at radius 2 is 2.00 bits per heavy atom. The zero-order chi connectivity index (χ0) is 19.1. The first kappa shape index (κ1) is 23.3. The number of benzene rings is 1. The van der Waals surface area contributed by atoms with Crippen LogP contribution in [0.1, 0.15) is 36.8 Å². The summed E-state index contributed by atoms with van der Waals surface area (Å²) in [5, 5.41) is 3.56. The number of aliphatic imine (C=N–C) groups is 1. The number of likely N-dealkylation sites (tertiary alicyclic amines) is 2. The molecule has 3 rings (SSSR count). The summed E-state index contributed by atoms with van der Waals surface area (Å²) in [5.41, 5.74) is 2.48. The molecule has 0 radical (unpaired) electrons. The molecule has 1 atom stereocenters. The molecule has 6 heteroatoms. The van der Waals surface area contributed by atoms with E-state index >= 15 is 0 Å². The lowest BCUT2D eigenvalue weighted by Gasteiger charge is -2.29. The van der Waals surface area contributed by atoms with Crippen LogP contribution in [0.3, 0.4) is 0 Å². The van der Waals surface area contributed by atoms with Crippen LogP contribution in [0.25, 0.3) is 0 Å². The first-order chi connectivity index (χ1) is 13.2. The number of piperidine rings is 1. The average Bonchev–Trinajstić information content (AvgIpc) is 3.15. The molecular formula is C22H37IN4O. The average molecular weight is 500 g/mol. The number of methoxy groups -OCH3 is 1. The molecule has 2 saturated heterocycles. The number of ether oxygens (including phenoxy) is 1. The highest BCUT2D eigenvalue weighted by Crippen LogP contribution is 2.21. The fourth-order valence-corrected chi connectivity index (χ4v) is 4.35. The third-order valence-corrected chi connectivity index (χ3v) is 5.93. The Morgan fingerprint density at radius 1 is 1.21 bits per heavy atom. The van der Waals surface area contributed by atoms with Gasteiger partial charge in [0, 0.05) is 33.2 Å². The first-order valence-electron chi connectivity index (χ1n) is 10.5. The molecule has 5 nitrogen and oxygen atoms in total. The van der Waals surface area contributed by atoms with Gasteiger partial charge in [0.05, 0.1) is 7.11 Å². The second-order valence-electron chi connectivity index (χ2n) is 7.99. The number of nitrogens with zero attached hydrogens (tertiary/aromatic N) is 3. The number of aryl methyl sites for hydroxylation is 1. The minimum Gasteiger partial charge on any atom is -0.496 e. The normalized spacial score (nSPS) is 20.8. The maximum Gasteiger partial charge on any atom is 0.193 e. The molecule has 0 spiro atoms. The van der Waals surface area contributed by atoms with E-state index in [0.717, 1.165) is 43.7 Å². The fourth-order valence-electron chi connectivity index (χ4n) is 4.35. The maximum atomic E-state index is 5.43. The van der Waals surface area contributed by atoms with Crippen molar-refractivity contribution in [3.8, 4) is 5.75 Å². The van der Waals surface area contributed by atoms with E-state index in [2.05, 4.69) is 45.2 Å². The van der Waals surface area contributed by atoms with Crippen LogP contribution < -0.4 is 10.1 Å². The molecule has 0 aliphatic carbocycles. The van der Waals surface area contributed by atoms with Gasteiger partial charge in [0.2, 0.25) is 0 Å². The van der Waals surface area contributed by atoms with Gasteiger partial charge in [0.25, 0.3) is 0 Å². The van der Waals surface area contributed by atoms with Gasteiger partial charge >= 0.3 is 0 Å². The number of hydrogen-bond donors (Lipinski definition) is 1. The van der Waals surface area contributed by atoms with Gasteiger partial charge in [-0.15, -0.1) is 24.0 Å². The van der Waals surface area contributed by atoms with Gasteiger partial charge in [-0.2, -0.15) is 0 Å². The fraction of sp³-hybridized carbons (Fsp3) is 0.682. The van der Waals surface area contributed by atoms with Crippen molar-refractivity contribution >= 4 is 29.9 Å². The van der Waals surface area contributed by atoms with E-state index in [-0.39, 0.29) is 24.0 Å². The Balaban J connectivity index is 0.00000280. The predicted octanol–water partition coefficient (Wildman–Crippen LogP) is 3.55. The summed E-state index contributed by atoms with van der Waals surface area (Å²) in [6, 6.07) is 6.46. The van der Waals surface area contributed by atoms with Gasteiger partial charge < -0.3 is 19.9 Å². The Kier molecular flexibility index (Phi) is 9.85. The van der Waals surface area contributed by atoms with Crippen LogP contribution in [-0.2, 0) is 6.42 Å². The van der Waals surface area contributed by atoms with E-state index in [9.17, 15) is 0 Å². The lowest BCUT2D eigenvalue weighted by atomic mass is 10.1. The smallest absolute Gasteiger partial charge is 0.193 e. The van der Waals surface area contributed by atoms with Crippen molar-refractivity contribution in [1.29, 1.82) is 0 Å². The quantitative estimate of drug-likeness (QED) is 0.369. The Hall–Kier alpha value is -1.02. The van der Waals surface area contributed by atoms with Crippen LogP contribution in [0.5, 0.6) is 5.75 Å². The minimum absolute atomic E-state index is 0. The van der Waals surface area contributed by atoms with E-state index in [1.807, 2.05) is 7.05 Å². The molecule has 2 aliphatic heterocycles. The van der Waals surface area contributed by atoms with Crippen molar-refractivity contribution in [2.24, 2.45) is 10.9 Å². The van der Waals surface area contributed by atoms with Gasteiger partial charge in [0.1, 0.15) is 5.75 Å². The highest BCUT2D eigenvalue weighted by molar-refractivity contribution is 14.0. The van der Waals surface area contributed by atoms with E-state index in [1.54, 1.807) is 7.11 Å². The largest absolute Gasteiger partial charge is 0.496 e. The molecule has 1 unspecified atom stereocenters. The predicted molar refractivity (Wildman–Crippen MR) is 128 cm³/mol. The second kappa shape index (κ2) is 11.9.